The summed E-state index contributed by atoms with van der Waals surface area (Å²) in [4.78, 5) is 28.6. The molecule has 0 saturated heterocycles. The highest BCUT2D eigenvalue weighted by atomic mass is 32.2. The van der Waals surface area contributed by atoms with Crippen LogP contribution in [-0.2, 0) is 20.9 Å². The van der Waals surface area contributed by atoms with Crippen molar-refractivity contribution in [2.45, 2.75) is 83.2 Å². The first-order valence-corrected chi connectivity index (χ1v) is 18.3. The maximum Gasteiger partial charge on any atom is 0.416 e. The van der Waals surface area contributed by atoms with Crippen LogP contribution in [-0.4, -0.2) is 91.4 Å². The molecule has 0 unspecified atom stereocenters. The van der Waals surface area contributed by atoms with Crippen molar-refractivity contribution in [3.8, 4) is 5.75 Å². The lowest BCUT2D eigenvalue weighted by Gasteiger charge is -2.35. The molecule has 2 heterocycles. The number of anilines is 2. The molecule has 3 N–H and O–H groups in total. The van der Waals surface area contributed by atoms with Crippen molar-refractivity contribution < 1.29 is 50.3 Å². The normalized spacial score (nSPS) is 20.1. The van der Waals surface area contributed by atoms with Crippen LogP contribution in [0.4, 0.5) is 29.3 Å². The molecule has 0 bridgehead atoms. The summed E-state index contributed by atoms with van der Waals surface area (Å²) in [5.74, 6) is -0.528. The number of nitrogens with zero attached hydrogens (tertiary/aromatic N) is 3. The molecule has 52 heavy (non-hydrogen) atoms. The predicted octanol–water partition coefficient (Wildman–Crippen LogP) is 6.07. The van der Waals surface area contributed by atoms with Gasteiger partial charge in [-0.05, 0) is 89.4 Å². The number of ether oxygens (including phenoxy) is 2. The first-order valence-electron chi connectivity index (χ1n) is 16.9. The average Bonchev–Trinajstić information content (AvgIpc) is 3.43. The first-order chi connectivity index (χ1) is 24.4. The molecule has 0 fully saturated rings. The van der Waals surface area contributed by atoms with E-state index in [1.54, 1.807) is 19.9 Å². The first kappa shape index (κ1) is 40.6. The number of benzene rings is 2. The molecule has 4 atom stereocenters. The maximum atomic E-state index is 14.4. The van der Waals surface area contributed by atoms with Crippen molar-refractivity contribution in [2.24, 2.45) is 5.92 Å². The summed E-state index contributed by atoms with van der Waals surface area (Å²) in [7, 11) is -2.56. The lowest BCUT2D eigenvalue weighted by Crippen LogP contribution is -2.48. The van der Waals surface area contributed by atoms with Gasteiger partial charge >= 0.3 is 12.2 Å². The molecule has 4 rings (SSSR count). The fourth-order valence-corrected chi connectivity index (χ4v) is 7.32. The zero-order valence-corrected chi connectivity index (χ0v) is 30.8. The summed E-state index contributed by atoms with van der Waals surface area (Å²) >= 11 is 0. The summed E-state index contributed by atoms with van der Waals surface area (Å²) in [6.07, 6.45) is -3.50. The molecule has 1 aromatic heterocycles. The Labute approximate surface area is 301 Å². The molecule has 0 radical (unpaired) electrons. The van der Waals surface area contributed by atoms with Gasteiger partial charge in [0.15, 0.2) is 5.76 Å². The quantitative estimate of drug-likeness (QED) is 0.248. The van der Waals surface area contributed by atoms with Gasteiger partial charge in [-0.25, -0.2) is 13.2 Å². The Morgan fingerprint density at radius 3 is 2.37 bits per heavy atom. The Morgan fingerprint density at radius 1 is 1.10 bits per heavy atom. The van der Waals surface area contributed by atoms with Gasteiger partial charge in [0, 0.05) is 44.0 Å². The number of aliphatic hydroxyl groups excluding tert-OH is 1. The summed E-state index contributed by atoms with van der Waals surface area (Å²) in [6.45, 7) is 8.41. The monoisotopic (exact) mass is 753 g/mol. The van der Waals surface area contributed by atoms with Crippen molar-refractivity contribution in [3.05, 3.63) is 65.0 Å². The Morgan fingerprint density at radius 2 is 1.75 bits per heavy atom. The topological polar surface area (TPSA) is 164 Å². The van der Waals surface area contributed by atoms with Gasteiger partial charge in [-0.2, -0.15) is 17.5 Å². The fraction of sp³-hybridized carbons (Fsp3) is 0.514. The predicted molar refractivity (Wildman–Crippen MR) is 187 cm³/mol. The molecule has 1 aliphatic rings. The van der Waals surface area contributed by atoms with Gasteiger partial charge in [-0.15, -0.1) is 0 Å². The van der Waals surface area contributed by atoms with E-state index in [0.717, 1.165) is 30.7 Å². The number of hydrogen-bond donors (Lipinski definition) is 3. The molecule has 3 amide bonds. The van der Waals surface area contributed by atoms with E-state index in [1.807, 2.05) is 13.8 Å². The highest BCUT2D eigenvalue weighted by molar-refractivity contribution is 7.89. The number of amides is 3. The van der Waals surface area contributed by atoms with E-state index in [9.17, 15) is 36.3 Å². The fourth-order valence-electron chi connectivity index (χ4n) is 5.85. The molecule has 17 heteroatoms. The van der Waals surface area contributed by atoms with Crippen molar-refractivity contribution in [3.63, 3.8) is 0 Å². The average molecular weight is 754 g/mol. The third-order valence-electron chi connectivity index (χ3n) is 8.85. The Balaban J connectivity index is 1.61. The number of aliphatic hydroxyl groups is 1. The van der Waals surface area contributed by atoms with E-state index < -0.39 is 51.8 Å². The Bertz CT molecular complexity index is 1780. The van der Waals surface area contributed by atoms with E-state index in [4.69, 9.17) is 14.0 Å². The smallest absolute Gasteiger partial charge is 0.416 e. The number of hydrogen-bond acceptors (Lipinski definition) is 9. The van der Waals surface area contributed by atoms with Crippen LogP contribution in [0.15, 0.2) is 51.9 Å². The number of halogens is 3. The van der Waals surface area contributed by atoms with Crippen LogP contribution in [0.1, 0.15) is 67.4 Å². The van der Waals surface area contributed by atoms with Gasteiger partial charge in [0.1, 0.15) is 16.3 Å². The molecule has 3 aromatic rings. The molecule has 0 saturated carbocycles. The van der Waals surface area contributed by atoms with Crippen LogP contribution in [0.5, 0.6) is 5.75 Å². The summed E-state index contributed by atoms with van der Waals surface area (Å²) < 4.78 is 84.8. The third kappa shape index (κ3) is 10.0. The molecular weight excluding hydrogens is 707 g/mol. The van der Waals surface area contributed by atoms with Gasteiger partial charge < -0.3 is 34.6 Å². The molecule has 286 valence electrons. The number of urea groups is 1. The second-order valence-corrected chi connectivity index (χ2v) is 15.1. The van der Waals surface area contributed by atoms with E-state index in [0.29, 0.717) is 19.4 Å². The number of aryl methyl sites for hydroxylation is 2. The van der Waals surface area contributed by atoms with Crippen LogP contribution < -0.4 is 15.4 Å². The van der Waals surface area contributed by atoms with Crippen molar-refractivity contribution in [1.29, 1.82) is 0 Å². The van der Waals surface area contributed by atoms with Crippen LogP contribution >= 0.6 is 0 Å². The highest BCUT2D eigenvalue weighted by Gasteiger charge is 2.35. The summed E-state index contributed by atoms with van der Waals surface area (Å²) in [5, 5.41) is 19.1. The largest absolute Gasteiger partial charge is 0.490 e. The van der Waals surface area contributed by atoms with Crippen molar-refractivity contribution >= 4 is 33.3 Å². The number of aromatic nitrogens is 1. The molecule has 2 aromatic carbocycles. The zero-order chi connectivity index (χ0) is 38.4. The number of nitrogens with one attached hydrogen (secondary N) is 2. The number of alkyl halides is 3. The number of carbonyl (C=O) groups is 2. The lowest BCUT2D eigenvalue weighted by molar-refractivity contribution is -0.137. The van der Waals surface area contributed by atoms with Gasteiger partial charge in [0.05, 0.1) is 36.0 Å². The van der Waals surface area contributed by atoms with E-state index >= 15 is 0 Å². The minimum absolute atomic E-state index is 0.0164. The number of fused-ring (bicyclic) bond motifs is 1. The number of likely N-dealkylation sites (N-methyl/N-ethyl adjacent to an activating group) is 1. The second-order valence-electron chi connectivity index (χ2n) is 13.1. The number of rotatable bonds is 8. The van der Waals surface area contributed by atoms with Gasteiger partial charge in [-0.3, -0.25) is 4.79 Å². The highest BCUT2D eigenvalue weighted by Crippen LogP contribution is 2.31. The van der Waals surface area contributed by atoms with E-state index in [1.165, 1.54) is 35.3 Å². The molecule has 0 aliphatic carbocycles. The molecule has 13 nitrogen and oxygen atoms in total. The Hall–Kier alpha value is -4.19. The Kier molecular flexibility index (Phi) is 13.3. The minimum atomic E-state index is -4.52. The van der Waals surface area contributed by atoms with Crippen LogP contribution in [0.2, 0.25) is 0 Å². The van der Waals surface area contributed by atoms with Gasteiger partial charge in [0.25, 0.3) is 5.91 Å². The second kappa shape index (κ2) is 17.1. The van der Waals surface area contributed by atoms with Crippen LogP contribution in [0.25, 0.3) is 0 Å². The third-order valence-corrected chi connectivity index (χ3v) is 10.9. The zero-order valence-electron chi connectivity index (χ0n) is 30.0. The van der Waals surface area contributed by atoms with Gasteiger partial charge in [-0.1, -0.05) is 12.1 Å². The number of carbonyl (C=O) groups excluding carboxylic acids is 2. The van der Waals surface area contributed by atoms with Gasteiger partial charge in [0.2, 0.25) is 10.0 Å². The van der Waals surface area contributed by atoms with Crippen LogP contribution in [0, 0.1) is 19.8 Å². The van der Waals surface area contributed by atoms with E-state index in [2.05, 4.69) is 15.8 Å². The summed E-state index contributed by atoms with van der Waals surface area (Å²) in [5.41, 5.74) is -0.208. The molecular formula is C35H46F3N5O8S. The molecule has 0 spiro atoms. The van der Waals surface area contributed by atoms with Crippen molar-refractivity contribution in [1.82, 2.24) is 14.4 Å². The number of sulfonamides is 1. The molecule has 1 aliphatic heterocycles. The minimum Gasteiger partial charge on any atom is -0.490 e. The summed E-state index contributed by atoms with van der Waals surface area (Å²) in [6, 6.07) is 7.03. The maximum absolute atomic E-state index is 14.4. The lowest BCUT2D eigenvalue weighted by atomic mass is 10.0. The van der Waals surface area contributed by atoms with E-state index in [-0.39, 0.29) is 64.8 Å². The SMILES string of the molecule is Cc1noc(C)c1S(=O)(=O)N(C)C[C@@H]1OCCCC[C@@H](C)Oc2ccc(NC(=O)Nc3ccc(C(F)(F)F)cc3)cc2C(=O)N([C@H](C)CO)C[C@H]1C. The standard InChI is InChI=1S/C35H46F3N5O8S/c1-21-18-43(22(2)20-44)33(45)29-17-28(40-34(46)39-27-12-10-26(11-13-27)35(36,37)38)14-15-30(29)50-23(3)9-7-8-16-49-31(21)19-42(6)52(47,48)32-24(4)41-51-25(32)5/h10-15,17,21-23,31,44H,7-9,16,18-20H2,1-6H3,(H2,39,40,46)/t21-,22-,23-,31+/m1/s1. The van der Waals surface area contributed by atoms with Crippen LogP contribution in [0.3, 0.4) is 0 Å². The van der Waals surface area contributed by atoms with Crippen molar-refractivity contribution in [2.75, 3.05) is 44.0 Å².